The van der Waals surface area contributed by atoms with Gasteiger partial charge in [0.15, 0.2) is 0 Å². The SMILES string of the molecule is CC.CC.CC1=NC2=C(CCC2)C1. The van der Waals surface area contributed by atoms with Crippen LogP contribution in [0, 0.1) is 0 Å². The Morgan fingerprint density at radius 2 is 1.62 bits per heavy atom. The maximum Gasteiger partial charge on any atom is 0.0398 e. The molecule has 76 valence electrons. The predicted octanol–water partition coefficient (Wildman–Crippen LogP) is 4.34. The van der Waals surface area contributed by atoms with Crippen LogP contribution in [0.5, 0.6) is 0 Å². The second-order valence-corrected chi connectivity index (χ2v) is 2.93. The molecule has 1 nitrogen and oxygen atoms in total. The highest BCUT2D eigenvalue weighted by Gasteiger charge is 2.19. The third-order valence-electron chi connectivity index (χ3n) is 2.10. The van der Waals surface area contributed by atoms with Gasteiger partial charge in [0.25, 0.3) is 0 Å². The first kappa shape index (κ1) is 12.4. The molecule has 0 aromatic rings. The van der Waals surface area contributed by atoms with Gasteiger partial charge >= 0.3 is 0 Å². The molecule has 0 bridgehead atoms. The fraction of sp³-hybridized carbons (Fsp3) is 0.750. The van der Waals surface area contributed by atoms with Gasteiger partial charge in [0, 0.05) is 17.8 Å². The van der Waals surface area contributed by atoms with Crippen molar-refractivity contribution in [2.75, 3.05) is 0 Å². The number of rotatable bonds is 0. The van der Waals surface area contributed by atoms with Gasteiger partial charge in [-0.25, -0.2) is 0 Å². The molecule has 0 saturated carbocycles. The Morgan fingerprint density at radius 1 is 1.00 bits per heavy atom. The number of hydrogen-bond acceptors (Lipinski definition) is 1. The van der Waals surface area contributed by atoms with Crippen LogP contribution in [0.2, 0.25) is 0 Å². The van der Waals surface area contributed by atoms with Crippen molar-refractivity contribution in [1.29, 1.82) is 0 Å². The molecule has 0 unspecified atom stereocenters. The van der Waals surface area contributed by atoms with Crippen LogP contribution >= 0.6 is 0 Å². The molecule has 0 spiro atoms. The van der Waals surface area contributed by atoms with Crippen LogP contribution in [0.4, 0.5) is 0 Å². The zero-order chi connectivity index (χ0) is 10.3. The highest BCUT2D eigenvalue weighted by molar-refractivity contribution is 5.88. The third-order valence-corrected chi connectivity index (χ3v) is 2.10. The van der Waals surface area contributed by atoms with Crippen LogP contribution in [0.1, 0.15) is 60.3 Å². The summed E-state index contributed by atoms with van der Waals surface area (Å²) in [6, 6.07) is 0. The van der Waals surface area contributed by atoms with Crippen LogP contribution in [0.25, 0.3) is 0 Å². The van der Waals surface area contributed by atoms with Gasteiger partial charge < -0.3 is 0 Å². The molecule has 0 fully saturated rings. The Hall–Kier alpha value is -0.590. The van der Waals surface area contributed by atoms with E-state index in [-0.39, 0.29) is 0 Å². The quantitative estimate of drug-likeness (QED) is 0.527. The van der Waals surface area contributed by atoms with Crippen molar-refractivity contribution >= 4 is 5.71 Å². The first-order chi connectivity index (χ1) is 6.36. The number of hydrogen-bond donors (Lipinski definition) is 0. The second kappa shape index (κ2) is 6.88. The highest BCUT2D eigenvalue weighted by atomic mass is 14.8. The monoisotopic (exact) mass is 181 g/mol. The minimum absolute atomic E-state index is 1.18. The average Bonchev–Trinajstić information content (AvgIpc) is 2.71. The van der Waals surface area contributed by atoms with E-state index in [1.54, 1.807) is 5.57 Å². The van der Waals surface area contributed by atoms with Crippen molar-refractivity contribution in [3.05, 3.63) is 11.3 Å². The smallest absolute Gasteiger partial charge is 0.0398 e. The molecule has 13 heavy (non-hydrogen) atoms. The lowest BCUT2D eigenvalue weighted by molar-refractivity contribution is 0.875. The fourth-order valence-electron chi connectivity index (χ4n) is 1.69. The molecule has 1 heteroatoms. The van der Waals surface area contributed by atoms with Gasteiger partial charge in [0.05, 0.1) is 0 Å². The van der Waals surface area contributed by atoms with Gasteiger partial charge in [-0.3, -0.25) is 4.99 Å². The molecule has 0 atom stereocenters. The Kier molecular flexibility index (Phi) is 6.56. The predicted molar refractivity (Wildman–Crippen MR) is 61.3 cm³/mol. The van der Waals surface area contributed by atoms with E-state index in [4.69, 9.17) is 0 Å². The van der Waals surface area contributed by atoms with E-state index in [9.17, 15) is 0 Å². The summed E-state index contributed by atoms with van der Waals surface area (Å²) in [5, 5.41) is 0. The minimum atomic E-state index is 1.18. The van der Waals surface area contributed by atoms with Crippen LogP contribution in [0.15, 0.2) is 16.3 Å². The lowest BCUT2D eigenvalue weighted by Gasteiger charge is -1.91. The van der Waals surface area contributed by atoms with Crippen molar-refractivity contribution in [3.8, 4) is 0 Å². The number of nitrogens with zero attached hydrogens (tertiary/aromatic N) is 1. The van der Waals surface area contributed by atoms with Crippen molar-refractivity contribution in [3.63, 3.8) is 0 Å². The summed E-state index contributed by atoms with van der Waals surface area (Å²) in [4.78, 5) is 4.45. The first-order valence-corrected chi connectivity index (χ1v) is 5.61. The molecule has 0 saturated heterocycles. The van der Waals surface area contributed by atoms with Crippen molar-refractivity contribution in [2.45, 2.75) is 60.3 Å². The molecule has 0 radical (unpaired) electrons. The van der Waals surface area contributed by atoms with Crippen LogP contribution < -0.4 is 0 Å². The van der Waals surface area contributed by atoms with E-state index in [0.717, 1.165) is 0 Å². The maximum atomic E-state index is 4.45. The average molecular weight is 181 g/mol. The highest BCUT2D eigenvalue weighted by Crippen LogP contribution is 2.33. The van der Waals surface area contributed by atoms with Gasteiger partial charge in [-0.15, -0.1) is 0 Å². The summed E-state index contributed by atoms with van der Waals surface area (Å²) < 4.78 is 0. The summed E-state index contributed by atoms with van der Waals surface area (Å²) in [6.07, 6.45) is 5.08. The molecule has 0 N–H and O–H groups in total. The van der Waals surface area contributed by atoms with E-state index in [0.29, 0.717) is 0 Å². The standard InChI is InChI=1S/C8H11N.2C2H6/c1-6-5-7-3-2-4-8(7)9-6;2*1-2/h2-5H2,1H3;2*1-2H3. The molecule has 0 aromatic heterocycles. The van der Waals surface area contributed by atoms with Gasteiger partial charge in [0.2, 0.25) is 0 Å². The summed E-state index contributed by atoms with van der Waals surface area (Å²) in [5.74, 6) is 0. The summed E-state index contributed by atoms with van der Waals surface area (Å²) in [7, 11) is 0. The van der Waals surface area contributed by atoms with Crippen molar-refractivity contribution < 1.29 is 0 Å². The molecular weight excluding hydrogens is 158 g/mol. The Balaban J connectivity index is 0.000000322. The van der Waals surface area contributed by atoms with Gasteiger partial charge in [-0.05, 0) is 31.8 Å². The normalized spacial score (nSPS) is 18.1. The summed E-state index contributed by atoms with van der Waals surface area (Å²) in [6.45, 7) is 10.1. The minimum Gasteiger partial charge on any atom is -0.262 e. The lowest BCUT2D eigenvalue weighted by atomic mass is 10.1. The van der Waals surface area contributed by atoms with E-state index in [2.05, 4.69) is 11.9 Å². The third kappa shape index (κ3) is 3.33. The van der Waals surface area contributed by atoms with Crippen LogP contribution in [-0.2, 0) is 0 Å². The molecule has 2 aliphatic rings. The molecule has 1 aliphatic heterocycles. The number of aliphatic imine (C=N–C) groups is 1. The van der Waals surface area contributed by atoms with E-state index in [1.807, 2.05) is 27.7 Å². The zero-order valence-corrected chi connectivity index (χ0v) is 9.78. The van der Waals surface area contributed by atoms with Crippen LogP contribution in [0.3, 0.4) is 0 Å². The maximum absolute atomic E-state index is 4.45. The molecule has 1 heterocycles. The topological polar surface area (TPSA) is 12.4 Å². The van der Waals surface area contributed by atoms with Gasteiger partial charge in [-0.2, -0.15) is 0 Å². The zero-order valence-electron chi connectivity index (χ0n) is 9.78. The largest absolute Gasteiger partial charge is 0.262 e. The molecule has 2 rings (SSSR count). The fourth-order valence-corrected chi connectivity index (χ4v) is 1.69. The van der Waals surface area contributed by atoms with Crippen molar-refractivity contribution in [1.82, 2.24) is 0 Å². The molecule has 0 amide bonds. The summed E-state index contributed by atoms with van der Waals surface area (Å²) in [5.41, 5.74) is 4.35. The van der Waals surface area contributed by atoms with E-state index < -0.39 is 0 Å². The molecule has 0 aromatic carbocycles. The summed E-state index contributed by atoms with van der Waals surface area (Å²) >= 11 is 0. The number of allylic oxidation sites excluding steroid dienone is 2. The Labute approximate surface area is 83.0 Å². The lowest BCUT2D eigenvalue weighted by Crippen LogP contribution is -1.86. The van der Waals surface area contributed by atoms with Gasteiger partial charge in [-0.1, -0.05) is 27.7 Å². The van der Waals surface area contributed by atoms with E-state index in [1.165, 1.54) is 37.1 Å². The Morgan fingerprint density at radius 3 is 2.15 bits per heavy atom. The van der Waals surface area contributed by atoms with E-state index >= 15 is 0 Å². The van der Waals surface area contributed by atoms with Gasteiger partial charge in [0.1, 0.15) is 0 Å². The Bertz CT molecular complexity index is 199. The second-order valence-electron chi connectivity index (χ2n) is 2.93. The first-order valence-electron chi connectivity index (χ1n) is 5.61. The molecule has 1 aliphatic carbocycles. The van der Waals surface area contributed by atoms with Crippen molar-refractivity contribution in [2.24, 2.45) is 4.99 Å². The molecular formula is C12H23N. The van der Waals surface area contributed by atoms with Crippen LogP contribution in [-0.4, -0.2) is 5.71 Å².